The zero-order valence-corrected chi connectivity index (χ0v) is 9.78. The molecule has 0 radical (unpaired) electrons. The number of hydrogen-bond acceptors (Lipinski definition) is 4. The summed E-state index contributed by atoms with van der Waals surface area (Å²) in [6.45, 7) is 7.43. The van der Waals surface area contributed by atoms with E-state index >= 15 is 0 Å². The lowest BCUT2D eigenvalue weighted by atomic mass is 9.92. The van der Waals surface area contributed by atoms with Gasteiger partial charge in [0.1, 0.15) is 0 Å². The van der Waals surface area contributed by atoms with Gasteiger partial charge in [-0.1, -0.05) is 6.92 Å². The SMILES string of the molecule is CC1CN(CC(C)(CO)CO)CCCO1. The van der Waals surface area contributed by atoms with Crippen LogP contribution in [0.1, 0.15) is 20.3 Å². The first kappa shape index (κ1) is 12.9. The van der Waals surface area contributed by atoms with Gasteiger partial charge >= 0.3 is 0 Å². The first-order valence-corrected chi connectivity index (χ1v) is 5.65. The number of hydrogen-bond donors (Lipinski definition) is 2. The van der Waals surface area contributed by atoms with Crippen LogP contribution in [0.15, 0.2) is 0 Å². The smallest absolute Gasteiger partial charge is 0.0673 e. The van der Waals surface area contributed by atoms with Crippen molar-refractivity contribution in [1.29, 1.82) is 0 Å². The molecule has 0 bridgehead atoms. The molecule has 1 unspecified atom stereocenters. The summed E-state index contributed by atoms with van der Waals surface area (Å²) in [6, 6.07) is 0. The lowest BCUT2D eigenvalue weighted by Gasteiger charge is -2.32. The molecule has 0 amide bonds. The van der Waals surface area contributed by atoms with Crippen LogP contribution in [0.3, 0.4) is 0 Å². The Kier molecular flexibility index (Phi) is 4.99. The van der Waals surface area contributed by atoms with Gasteiger partial charge in [-0.3, -0.25) is 4.90 Å². The monoisotopic (exact) mass is 217 g/mol. The largest absolute Gasteiger partial charge is 0.396 e. The molecule has 1 saturated heterocycles. The topological polar surface area (TPSA) is 52.9 Å². The van der Waals surface area contributed by atoms with Crippen molar-refractivity contribution in [3.63, 3.8) is 0 Å². The summed E-state index contributed by atoms with van der Waals surface area (Å²) in [7, 11) is 0. The fourth-order valence-corrected chi connectivity index (χ4v) is 1.91. The third kappa shape index (κ3) is 4.07. The van der Waals surface area contributed by atoms with Gasteiger partial charge in [-0.25, -0.2) is 0 Å². The summed E-state index contributed by atoms with van der Waals surface area (Å²) >= 11 is 0. The van der Waals surface area contributed by atoms with Crippen molar-refractivity contribution in [2.75, 3.05) is 39.5 Å². The first-order valence-electron chi connectivity index (χ1n) is 5.65. The van der Waals surface area contributed by atoms with E-state index in [1.54, 1.807) is 0 Å². The average Bonchev–Trinajstić information content (AvgIpc) is 2.42. The molecule has 0 aromatic carbocycles. The van der Waals surface area contributed by atoms with Crippen molar-refractivity contribution in [3.05, 3.63) is 0 Å². The van der Waals surface area contributed by atoms with E-state index in [2.05, 4.69) is 11.8 Å². The van der Waals surface area contributed by atoms with Crippen molar-refractivity contribution in [3.8, 4) is 0 Å². The van der Waals surface area contributed by atoms with Crippen molar-refractivity contribution in [1.82, 2.24) is 4.90 Å². The molecule has 0 saturated carbocycles. The van der Waals surface area contributed by atoms with Crippen LogP contribution in [0.5, 0.6) is 0 Å². The Labute approximate surface area is 91.8 Å². The maximum Gasteiger partial charge on any atom is 0.0673 e. The number of aliphatic hydroxyl groups excluding tert-OH is 2. The minimum Gasteiger partial charge on any atom is -0.396 e. The first-order chi connectivity index (χ1) is 7.09. The highest BCUT2D eigenvalue weighted by Gasteiger charge is 2.27. The predicted molar refractivity (Wildman–Crippen MR) is 58.7 cm³/mol. The second-order valence-corrected chi connectivity index (χ2v) is 4.90. The van der Waals surface area contributed by atoms with Gasteiger partial charge in [0.2, 0.25) is 0 Å². The van der Waals surface area contributed by atoms with Gasteiger partial charge in [0.15, 0.2) is 0 Å². The van der Waals surface area contributed by atoms with Crippen LogP contribution in [0.2, 0.25) is 0 Å². The molecule has 2 N–H and O–H groups in total. The van der Waals surface area contributed by atoms with Gasteiger partial charge in [0, 0.05) is 31.7 Å². The molecule has 4 nitrogen and oxygen atoms in total. The molecule has 0 aliphatic carbocycles. The molecule has 1 fully saturated rings. The summed E-state index contributed by atoms with van der Waals surface area (Å²) in [6.07, 6.45) is 1.27. The molecule has 1 aliphatic rings. The van der Waals surface area contributed by atoms with E-state index in [0.29, 0.717) is 0 Å². The third-order valence-electron chi connectivity index (χ3n) is 2.91. The molecule has 0 spiro atoms. The van der Waals surface area contributed by atoms with Crippen molar-refractivity contribution < 1.29 is 14.9 Å². The highest BCUT2D eigenvalue weighted by Crippen LogP contribution is 2.18. The van der Waals surface area contributed by atoms with E-state index in [-0.39, 0.29) is 19.3 Å². The van der Waals surface area contributed by atoms with E-state index in [4.69, 9.17) is 4.74 Å². The Bertz CT molecular complexity index is 183. The molecule has 1 heterocycles. The van der Waals surface area contributed by atoms with Gasteiger partial charge in [-0.15, -0.1) is 0 Å². The van der Waals surface area contributed by atoms with E-state index in [9.17, 15) is 10.2 Å². The Balaban J connectivity index is 2.47. The van der Waals surface area contributed by atoms with E-state index < -0.39 is 5.41 Å². The Morgan fingerprint density at radius 3 is 2.67 bits per heavy atom. The van der Waals surface area contributed by atoms with E-state index in [1.807, 2.05) is 6.92 Å². The maximum absolute atomic E-state index is 9.23. The van der Waals surface area contributed by atoms with Crippen LogP contribution < -0.4 is 0 Å². The van der Waals surface area contributed by atoms with Crippen LogP contribution in [0.25, 0.3) is 0 Å². The zero-order valence-electron chi connectivity index (χ0n) is 9.78. The maximum atomic E-state index is 9.23. The van der Waals surface area contributed by atoms with Gasteiger partial charge in [0.25, 0.3) is 0 Å². The number of nitrogens with zero attached hydrogens (tertiary/aromatic N) is 1. The Hall–Kier alpha value is -0.160. The predicted octanol–water partition coefficient (Wildman–Crippen LogP) is 0.0881. The van der Waals surface area contributed by atoms with Gasteiger partial charge in [0.05, 0.1) is 19.3 Å². The molecule has 1 atom stereocenters. The normalized spacial score (nSPS) is 25.2. The molecule has 90 valence electrons. The molecule has 15 heavy (non-hydrogen) atoms. The second-order valence-electron chi connectivity index (χ2n) is 4.90. The number of rotatable bonds is 4. The molecule has 4 heteroatoms. The van der Waals surface area contributed by atoms with E-state index in [1.165, 1.54) is 0 Å². The number of aliphatic hydroxyl groups is 2. The molecule has 1 aliphatic heterocycles. The summed E-state index contributed by atoms with van der Waals surface area (Å²) < 4.78 is 5.55. The summed E-state index contributed by atoms with van der Waals surface area (Å²) in [5.74, 6) is 0. The summed E-state index contributed by atoms with van der Waals surface area (Å²) in [5.41, 5.74) is -0.399. The molecule has 1 rings (SSSR count). The Morgan fingerprint density at radius 1 is 1.40 bits per heavy atom. The number of ether oxygens (including phenoxy) is 1. The van der Waals surface area contributed by atoms with Crippen LogP contribution >= 0.6 is 0 Å². The molecule has 0 aromatic heterocycles. The molecular formula is C11H23NO3. The molecular weight excluding hydrogens is 194 g/mol. The third-order valence-corrected chi connectivity index (χ3v) is 2.91. The van der Waals surface area contributed by atoms with Crippen molar-refractivity contribution in [2.24, 2.45) is 5.41 Å². The quantitative estimate of drug-likeness (QED) is 0.700. The summed E-state index contributed by atoms with van der Waals surface area (Å²) in [4.78, 5) is 2.27. The second kappa shape index (κ2) is 5.80. The minimum absolute atomic E-state index is 0.0231. The zero-order chi connectivity index (χ0) is 11.3. The average molecular weight is 217 g/mol. The van der Waals surface area contributed by atoms with E-state index in [0.717, 1.165) is 32.7 Å². The van der Waals surface area contributed by atoms with Crippen LogP contribution in [0, 0.1) is 5.41 Å². The molecule has 0 aromatic rings. The Morgan fingerprint density at radius 2 is 2.07 bits per heavy atom. The standard InChI is InChI=1S/C11H23NO3/c1-10-6-12(4-3-5-15-10)7-11(2,8-13)9-14/h10,13-14H,3-9H2,1-2H3. The fraction of sp³-hybridized carbons (Fsp3) is 1.00. The van der Waals surface area contributed by atoms with Crippen LogP contribution in [0.4, 0.5) is 0 Å². The fourth-order valence-electron chi connectivity index (χ4n) is 1.91. The van der Waals surface area contributed by atoms with Crippen molar-refractivity contribution >= 4 is 0 Å². The van der Waals surface area contributed by atoms with Crippen molar-refractivity contribution in [2.45, 2.75) is 26.4 Å². The lowest BCUT2D eigenvalue weighted by molar-refractivity contribution is 0.0226. The van der Waals surface area contributed by atoms with Gasteiger partial charge in [-0.05, 0) is 13.3 Å². The lowest BCUT2D eigenvalue weighted by Crippen LogP contribution is -2.43. The van der Waals surface area contributed by atoms with Crippen LogP contribution in [-0.4, -0.2) is 60.7 Å². The highest BCUT2D eigenvalue weighted by atomic mass is 16.5. The van der Waals surface area contributed by atoms with Crippen LogP contribution in [-0.2, 0) is 4.74 Å². The van der Waals surface area contributed by atoms with Gasteiger partial charge < -0.3 is 14.9 Å². The highest BCUT2D eigenvalue weighted by molar-refractivity contribution is 4.79. The van der Waals surface area contributed by atoms with Gasteiger partial charge in [-0.2, -0.15) is 0 Å². The minimum atomic E-state index is -0.399. The summed E-state index contributed by atoms with van der Waals surface area (Å²) in [5, 5.41) is 18.5.